The van der Waals surface area contributed by atoms with E-state index in [0.29, 0.717) is 6.61 Å². The molecule has 0 fully saturated rings. The van der Waals surface area contributed by atoms with Gasteiger partial charge in [-0.3, -0.25) is 0 Å². The molecule has 1 unspecified atom stereocenters. The second-order valence-electron chi connectivity index (χ2n) is 2.93. The van der Waals surface area contributed by atoms with Crippen LogP contribution in [-0.2, 0) is 4.74 Å². The minimum absolute atomic E-state index is 0.0168. The van der Waals surface area contributed by atoms with Crippen molar-refractivity contribution in [1.29, 1.82) is 0 Å². The van der Waals surface area contributed by atoms with Crippen LogP contribution < -0.4 is 4.74 Å². The van der Waals surface area contributed by atoms with Gasteiger partial charge in [0.25, 0.3) is 0 Å². The number of rotatable bonds is 4. The summed E-state index contributed by atoms with van der Waals surface area (Å²) in [6.45, 7) is 2.12. The Balaban J connectivity index is 2.81. The highest BCUT2D eigenvalue weighted by molar-refractivity contribution is 6.35. The summed E-state index contributed by atoms with van der Waals surface area (Å²) in [5.41, 5.74) is 0. The number of halogens is 3. The maximum Gasteiger partial charge on any atom is 0.235 e. The third-order valence-corrected chi connectivity index (χ3v) is 2.10. The molecule has 84 valence electrons. The molecule has 0 N–H and O–H groups in total. The van der Waals surface area contributed by atoms with Crippen molar-refractivity contribution in [2.75, 3.05) is 13.7 Å². The molecule has 0 spiro atoms. The minimum Gasteiger partial charge on any atom is -0.471 e. The van der Waals surface area contributed by atoms with E-state index in [1.54, 1.807) is 6.92 Å². The van der Waals surface area contributed by atoms with Crippen LogP contribution in [0.5, 0.6) is 5.88 Å². The lowest BCUT2D eigenvalue weighted by molar-refractivity contribution is 0.0884. The summed E-state index contributed by atoms with van der Waals surface area (Å²) in [5.74, 6) is -0.788. The van der Waals surface area contributed by atoms with Crippen LogP contribution in [0.25, 0.3) is 0 Å². The van der Waals surface area contributed by atoms with Gasteiger partial charge in [0.05, 0.1) is 11.6 Å². The fourth-order valence-electron chi connectivity index (χ4n) is 0.970. The van der Waals surface area contributed by atoms with E-state index >= 15 is 0 Å². The zero-order valence-electron chi connectivity index (χ0n) is 8.26. The summed E-state index contributed by atoms with van der Waals surface area (Å²) in [7, 11) is 1.54. The lowest BCUT2D eigenvalue weighted by atomic mass is 10.4. The third kappa shape index (κ3) is 3.48. The molecular weight excluding hydrogens is 244 g/mol. The highest BCUT2D eigenvalue weighted by Crippen LogP contribution is 2.27. The molecule has 3 nitrogen and oxygen atoms in total. The second-order valence-corrected chi connectivity index (χ2v) is 3.75. The van der Waals surface area contributed by atoms with Crippen molar-refractivity contribution in [1.82, 2.24) is 4.98 Å². The molecule has 1 atom stereocenters. The van der Waals surface area contributed by atoms with Gasteiger partial charge >= 0.3 is 0 Å². The molecule has 1 rings (SSSR count). The van der Waals surface area contributed by atoms with Gasteiger partial charge in [-0.2, -0.15) is 9.37 Å². The van der Waals surface area contributed by atoms with Crippen molar-refractivity contribution in [3.63, 3.8) is 0 Å². The monoisotopic (exact) mass is 253 g/mol. The molecule has 6 heteroatoms. The van der Waals surface area contributed by atoms with Gasteiger partial charge in [0, 0.05) is 7.11 Å². The van der Waals surface area contributed by atoms with Gasteiger partial charge < -0.3 is 9.47 Å². The van der Waals surface area contributed by atoms with Crippen LogP contribution in [0, 0.1) is 5.95 Å². The predicted molar refractivity (Wildman–Crippen MR) is 56.2 cm³/mol. The Morgan fingerprint density at radius 2 is 2.13 bits per heavy atom. The predicted octanol–water partition coefficient (Wildman–Crippen LogP) is 2.94. The Morgan fingerprint density at radius 1 is 1.47 bits per heavy atom. The van der Waals surface area contributed by atoms with Crippen molar-refractivity contribution in [2.24, 2.45) is 0 Å². The summed E-state index contributed by atoms with van der Waals surface area (Å²) < 4.78 is 23.1. The lowest BCUT2D eigenvalue weighted by Crippen LogP contribution is -2.19. The topological polar surface area (TPSA) is 31.4 Å². The van der Waals surface area contributed by atoms with E-state index in [-0.39, 0.29) is 22.0 Å². The van der Waals surface area contributed by atoms with Crippen molar-refractivity contribution in [3.05, 3.63) is 22.1 Å². The van der Waals surface area contributed by atoms with Crippen LogP contribution in [0.4, 0.5) is 4.39 Å². The lowest BCUT2D eigenvalue weighted by Gasteiger charge is -2.13. The van der Waals surface area contributed by atoms with Crippen LogP contribution in [0.15, 0.2) is 6.07 Å². The summed E-state index contributed by atoms with van der Waals surface area (Å²) >= 11 is 11.2. The first-order chi connectivity index (χ1) is 7.04. The average molecular weight is 254 g/mol. The van der Waals surface area contributed by atoms with Crippen LogP contribution in [-0.4, -0.2) is 24.8 Å². The first-order valence-corrected chi connectivity index (χ1v) is 4.97. The summed E-state index contributed by atoms with van der Waals surface area (Å²) in [4.78, 5) is 3.49. The van der Waals surface area contributed by atoms with Gasteiger partial charge in [-0.25, -0.2) is 0 Å². The van der Waals surface area contributed by atoms with Crippen molar-refractivity contribution >= 4 is 23.2 Å². The largest absolute Gasteiger partial charge is 0.471 e. The normalized spacial score (nSPS) is 12.6. The second kappa shape index (κ2) is 5.49. The van der Waals surface area contributed by atoms with Crippen molar-refractivity contribution in [3.8, 4) is 5.88 Å². The zero-order valence-corrected chi connectivity index (χ0v) is 9.77. The molecular formula is C9H10Cl2FNO2. The van der Waals surface area contributed by atoms with Gasteiger partial charge in [-0.1, -0.05) is 23.2 Å². The SMILES string of the molecule is COCC(C)Oc1nc(F)c(Cl)cc1Cl. The molecule has 1 aromatic heterocycles. The van der Waals surface area contributed by atoms with E-state index in [1.807, 2.05) is 0 Å². The van der Waals surface area contributed by atoms with Crippen LogP contribution in [0.1, 0.15) is 6.92 Å². The average Bonchev–Trinajstić information content (AvgIpc) is 2.14. The minimum atomic E-state index is -0.805. The first-order valence-electron chi connectivity index (χ1n) is 4.21. The maximum absolute atomic E-state index is 13.0. The van der Waals surface area contributed by atoms with E-state index in [4.69, 9.17) is 32.7 Å². The first kappa shape index (κ1) is 12.5. The maximum atomic E-state index is 13.0. The molecule has 0 bridgehead atoms. The summed E-state index contributed by atoms with van der Waals surface area (Å²) in [5, 5.41) is 0.0381. The van der Waals surface area contributed by atoms with Gasteiger partial charge in [0.15, 0.2) is 0 Å². The zero-order chi connectivity index (χ0) is 11.4. The fraction of sp³-hybridized carbons (Fsp3) is 0.444. The molecule has 0 aliphatic heterocycles. The molecule has 0 saturated heterocycles. The van der Waals surface area contributed by atoms with Crippen LogP contribution >= 0.6 is 23.2 Å². The Morgan fingerprint density at radius 3 is 2.73 bits per heavy atom. The quantitative estimate of drug-likeness (QED) is 0.774. The Kier molecular flexibility index (Phi) is 4.57. The molecule has 1 heterocycles. The van der Waals surface area contributed by atoms with Crippen molar-refractivity contribution in [2.45, 2.75) is 13.0 Å². The molecule has 15 heavy (non-hydrogen) atoms. The number of ether oxygens (including phenoxy) is 2. The van der Waals surface area contributed by atoms with Crippen LogP contribution in [0.2, 0.25) is 10.0 Å². The number of hydrogen-bond acceptors (Lipinski definition) is 3. The van der Waals surface area contributed by atoms with Gasteiger partial charge in [0.2, 0.25) is 11.8 Å². The number of hydrogen-bond donors (Lipinski definition) is 0. The molecule has 0 aliphatic rings. The number of pyridine rings is 1. The third-order valence-electron chi connectivity index (χ3n) is 1.57. The Bertz CT molecular complexity index is 349. The van der Waals surface area contributed by atoms with Crippen LogP contribution in [0.3, 0.4) is 0 Å². The molecule has 0 amide bonds. The molecule has 1 aromatic rings. The smallest absolute Gasteiger partial charge is 0.235 e. The molecule has 0 aliphatic carbocycles. The number of aromatic nitrogens is 1. The molecule has 0 aromatic carbocycles. The number of methoxy groups -OCH3 is 1. The van der Waals surface area contributed by atoms with Gasteiger partial charge in [0.1, 0.15) is 11.1 Å². The Labute approximate surface area is 97.1 Å². The summed E-state index contributed by atoms with van der Waals surface area (Å²) in [6, 6.07) is 1.25. The van der Waals surface area contributed by atoms with Gasteiger partial charge in [-0.05, 0) is 13.0 Å². The molecule has 0 saturated carbocycles. The number of nitrogens with zero attached hydrogens (tertiary/aromatic N) is 1. The van der Waals surface area contributed by atoms with E-state index in [0.717, 1.165) is 0 Å². The fourth-order valence-corrected chi connectivity index (χ4v) is 1.37. The van der Waals surface area contributed by atoms with Gasteiger partial charge in [-0.15, -0.1) is 0 Å². The van der Waals surface area contributed by atoms with Crippen molar-refractivity contribution < 1.29 is 13.9 Å². The highest BCUT2D eigenvalue weighted by atomic mass is 35.5. The van der Waals surface area contributed by atoms with E-state index < -0.39 is 5.95 Å². The standard InChI is InChI=1S/C9H10Cl2FNO2/c1-5(4-14-2)15-9-7(11)3-6(10)8(12)13-9/h3,5H,4H2,1-2H3. The molecule has 0 radical (unpaired) electrons. The van der Waals surface area contributed by atoms with E-state index in [2.05, 4.69) is 4.98 Å². The van der Waals surface area contributed by atoms with E-state index in [9.17, 15) is 4.39 Å². The Hall–Kier alpha value is -0.580. The summed E-state index contributed by atoms with van der Waals surface area (Å²) in [6.07, 6.45) is -0.263. The highest BCUT2D eigenvalue weighted by Gasteiger charge is 2.12. The van der Waals surface area contributed by atoms with E-state index in [1.165, 1.54) is 13.2 Å².